The molecule has 0 radical (unpaired) electrons. The van der Waals surface area contributed by atoms with E-state index >= 15 is 0 Å². The minimum Gasteiger partial charge on any atom is -0.491 e. The Hall–Kier alpha value is -4.06. The monoisotopic (exact) mass is 1010 g/mol. The average Bonchev–Trinajstić information content (AvgIpc) is 3.35. The molecule has 0 aliphatic rings. The Morgan fingerprint density at radius 1 is 0.254 bits per heavy atom. The van der Waals surface area contributed by atoms with Crippen molar-refractivity contribution in [2.24, 2.45) is 0 Å². The van der Waals surface area contributed by atoms with Crippen molar-refractivity contribution in [1.82, 2.24) is 0 Å². The molecule has 0 bridgehead atoms. The number of nitrogens with zero attached hydrogens (tertiary/aromatic N) is 1. The maximum Gasteiger partial charge on any atom is 0.124 e. The summed E-state index contributed by atoms with van der Waals surface area (Å²) in [4.78, 5) is 0. The van der Waals surface area contributed by atoms with Gasteiger partial charge >= 0.3 is 0 Å². The number of hydrogen-bond donors (Lipinski definition) is 0. The third-order valence-corrected chi connectivity index (χ3v) is 9.49. The summed E-state index contributed by atoms with van der Waals surface area (Å²) < 4.78 is 103. The molecule has 0 amide bonds. The Morgan fingerprint density at radius 2 is 0.465 bits per heavy atom. The zero-order valence-electron chi connectivity index (χ0n) is 43.6. The van der Waals surface area contributed by atoms with Crippen LogP contribution in [0.2, 0.25) is 0 Å². The molecule has 0 N–H and O–H groups in total. The van der Waals surface area contributed by atoms with Crippen LogP contribution in [0, 0.1) is 0 Å². The Labute approximate surface area is 422 Å². The average molecular weight is 1010 g/mol. The van der Waals surface area contributed by atoms with E-state index in [9.17, 15) is 0 Å². The maximum atomic E-state index is 6.49. The number of rotatable bonds is 48. The van der Waals surface area contributed by atoms with Crippen molar-refractivity contribution >= 4 is 0 Å². The molecule has 0 aliphatic heterocycles. The normalized spacial score (nSPS) is 11.5. The second-order valence-electron chi connectivity index (χ2n) is 16.7. The zero-order valence-corrected chi connectivity index (χ0v) is 43.6. The van der Waals surface area contributed by atoms with E-state index in [-0.39, 0.29) is 13.2 Å². The van der Waals surface area contributed by atoms with Crippen LogP contribution in [-0.2, 0) is 76.6 Å². The maximum absolute atomic E-state index is 6.49. The van der Waals surface area contributed by atoms with Gasteiger partial charge in [-0.2, -0.15) is 0 Å². The van der Waals surface area contributed by atoms with Crippen LogP contribution >= 0.6 is 0 Å². The largest absolute Gasteiger partial charge is 0.491 e. The summed E-state index contributed by atoms with van der Waals surface area (Å²) >= 11 is 0. The highest BCUT2D eigenvalue weighted by atomic mass is 16.6. The number of hydrogen-bond acceptors (Lipinski definition) is 18. The minimum atomic E-state index is 0.237. The highest BCUT2D eigenvalue weighted by Crippen LogP contribution is 2.30. The van der Waals surface area contributed by atoms with Gasteiger partial charge in [-0.05, 0) is 47.5 Å². The van der Waals surface area contributed by atoms with E-state index in [1.807, 2.05) is 54.6 Å². The predicted molar refractivity (Wildman–Crippen MR) is 266 cm³/mol. The molecule has 0 fully saturated rings. The van der Waals surface area contributed by atoms with E-state index < -0.39 is 0 Å². The third kappa shape index (κ3) is 32.6. The molecule has 3 aromatic carbocycles. The van der Waals surface area contributed by atoms with E-state index in [0.29, 0.717) is 198 Å². The fourth-order valence-electron chi connectivity index (χ4n) is 6.26. The molecule has 0 aromatic heterocycles. The molecule has 0 atom stereocenters. The smallest absolute Gasteiger partial charge is 0.124 e. The van der Waals surface area contributed by atoms with Crippen molar-refractivity contribution in [2.45, 2.75) is 19.8 Å². The van der Waals surface area contributed by atoms with Crippen LogP contribution in [0.4, 0.5) is 0 Å². The molecule has 71 heavy (non-hydrogen) atoms. The molecule has 0 saturated carbocycles. The van der Waals surface area contributed by atoms with Gasteiger partial charge in [-0.25, -0.2) is 0 Å². The summed E-state index contributed by atoms with van der Waals surface area (Å²) in [5.41, 5.74) is 2.75. The van der Waals surface area contributed by atoms with Gasteiger partial charge in [0.1, 0.15) is 80.7 Å². The first-order valence-electron chi connectivity index (χ1n) is 24.3. The SMILES string of the molecule is COCCOCCOCCOc1cc(COc2cc(C[N+](C)(C)C)cc(OCc3cc(OCCOCCOCCOC)cc(OCCOCCOCCOC)c3)c2)cc(OCCOCCOCCOC)c1. The standard InChI is InChI=1S/C52H84NO18/c1-53(2,3)41-44-32-51(70-42-45-34-47(66-28-24-62-20-16-58-12-8-54-4)38-48(35-45)67-29-25-63-21-17-59-13-9-55-5)40-52(33-44)71-43-46-36-49(68-30-26-64-22-18-60-14-10-56-6)39-50(37-46)69-31-27-65-23-19-61-15-11-57-7/h32-40H,8-31,41-43H2,1-7H3/q+1. The molecule has 0 saturated heterocycles. The Bertz CT molecular complexity index is 1550. The second-order valence-corrected chi connectivity index (χ2v) is 16.7. The molecule has 3 aromatic rings. The van der Waals surface area contributed by atoms with E-state index in [1.165, 1.54) is 0 Å². The molecule has 0 spiro atoms. The predicted octanol–water partition coefficient (Wildman–Crippen LogP) is 5.28. The number of quaternary nitrogens is 1. The fourth-order valence-corrected chi connectivity index (χ4v) is 6.26. The van der Waals surface area contributed by atoms with Crippen LogP contribution < -0.4 is 28.4 Å². The van der Waals surface area contributed by atoms with Gasteiger partial charge in [0.2, 0.25) is 0 Å². The summed E-state index contributed by atoms with van der Waals surface area (Å²) in [6.45, 7) is 12.1. The molecule has 404 valence electrons. The molecule has 0 heterocycles. The Morgan fingerprint density at radius 3 is 0.704 bits per heavy atom. The summed E-state index contributed by atoms with van der Waals surface area (Å²) in [7, 11) is 13.0. The fraction of sp³-hybridized carbons (Fsp3) is 0.654. The lowest BCUT2D eigenvalue weighted by atomic mass is 10.1. The molecular formula is C52H84NO18+. The quantitative estimate of drug-likeness (QED) is 0.0529. The first-order valence-corrected chi connectivity index (χ1v) is 24.3. The van der Waals surface area contributed by atoms with E-state index in [1.54, 1.807) is 28.4 Å². The highest BCUT2D eigenvalue weighted by molar-refractivity contribution is 5.42. The van der Waals surface area contributed by atoms with Crippen molar-refractivity contribution in [3.8, 4) is 34.5 Å². The van der Waals surface area contributed by atoms with E-state index in [0.717, 1.165) is 23.2 Å². The van der Waals surface area contributed by atoms with Crippen molar-refractivity contribution < 1.29 is 89.7 Å². The van der Waals surface area contributed by atoms with Crippen molar-refractivity contribution in [3.05, 3.63) is 71.3 Å². The van der Waals surface area contributed by atoms with Crippen molar-refractivity contribution in [3.63, 3.8) is 0 Å². The first-order chi connectivity index (χ1) is 34.7. The molecule has 3 rings (SSSR count). The zero-order chi connectivity index (χ0) is 50.9. The summed E-state index contributed by atoms with van der Waals surface area (Å²) in [5, 5.41) is 0. The van der Waals surface area contributed by atoms with Gasteiger partial charge < -0.3 is 89.7 Å². The third-order valence-electron chi connectivity index (χ3n) is 9.49. The summed E-state index contributed by atoms with van der Waals surface area (Å²) in [5.74, 6) is 3.79. The van der Waals surface area contributed by atoms with Crippen LogP contribution in [0.5, 0.6) is 34.5 Å². The number of benzene rings is 3. The number of methoxy groups -OCH3 is 4. The molecular weight excluding hydrogens is 927 g/mol. The lowest BCUT2D eigenvalue weighted by molar-refractivity contribution is -0.884. The van der Waals surface area contributed by atoms with Gasteiger partial charge in [-0.1, -0.05) is 0 Å². The van der Waals surface area contributed by atoms with Crippen LogP contribution in [0.1, 0.15) is 16.7 Å². The lowest BCUT2D eigenvalue weighted by Gasteiger charge is -2.24. The molecule has 19 nitrogen and oxygen atoms in total. The van der Waals surface area contributed by atoms with Gasteiger partial charge in [0.25, 0.3) is 0 Å². The van der Waals surface area contributed by atoms with Gasteiger partial charge in [-0.15, -0.1) is 0 Å². The summed E-state index contributed by atoms with van der Waals surface area (Å²) in [6.07, 6.45) is 0. The molecule has 0 aliphatic carbocycles. The Kier molecular flexibility index (Phi) is 34.9. The van der Waals surface area contributed by atoms with Gasteiger partial charge in [0.15, 0.2) is 0 Å². The van der Waals surface area contributed by atoms with Crippen molar-refractivity contribution in [1.29, 1.82) is 0 Å². The molecule has 0 unspecified atom stereocenters. The van der Waals surface area contributed by atoms with Gasteiger partial charge in [0, 0.05) is 52.2 Å². The van der Waals surface area contributed by atoms with Crippen LogP contribution in [0.3, 0.4) is 0 Å². The van der Waals surface area contributed by atoms with Gasteiger partial charge in [0.05, 0.1) is 153 Å². The van der Waals surface area contributed by atoms with Gasteiger partial charge in [-0.3, -0.25) is 0 Å². The number of ether oxygens (including phenoxy) is 18. The minimum absolute atomic E-state index is 0.237. The lowest BCUT2D eigenvalue weighted by Crippen LogP contribution is -2.33. The highest BCUT2D eigenvalue weighted by Gasteiger charge is 2.14. The van der Waals surface area contributed by atoms with Crippen LogP contribution in [-0.4, -0.2) is 213 Å². The van der Waals surface area contributed by atoms with Crippen LogP contribution in [0.15, 0.2) is 54.6 Å². The molecule has 19 heteroatoms. The van der Waals surface area contributed by atoms with Crippen molar-refractivity contribution in [2.75, 3.05) is 208 Å². The van der Waals surface area contributed by atoms with E-state index in [4.69, 9.17) is 85.3 Å². The summed E-state index contributed by atoms with van der Waals surface area (Å²) in [6, 6.07) is 17.4. The van der Waals surface area contributed by atoms with Crippen LogP contribution in [0.25, 0.3) is 0 Å². The topological polar surface area (TPSA) is 166 Å². The van der Waals surface area contributed by atoms with E-state index in [2.05, 4.69) is 21.1 Å². The Balaban J connectivity index is 1.71. The first kappa shape index (κ1) is 61.2. The second kappa shape index (κ2) is 40.4.